The van der Waals surface area contributed by atoms with Gasteiger partial charge in [-0.2, -0.15) is 0 Å². The summed E-state index contributed by atoms with van der Waals surface area (Å²) in [4.78, 5) is 4.92. The molecule has 0 aliphatic carbocycles. The van der Waals surface area contributed by atoms with E-state index in [0.717, 1.165) is 38.3 Å². The largest absolute Gasteiger partial charge is 0.497 e. The molecule has 1 aliphatic rings. The van der Waals surface area contributed by atoms with Gasteiger partial charge in [0.25, 0.3) is 0 Å². The Morgan fingerprint density at radius 2 is 2.10 bits per heavy atom. The van der Waals surface area contributed by atoms with E-state index in [2.05, 4.69) is 35.0 Å². The monoisotopic (exact) mass is 292 g/mol. The van der Waals surface area contributed by atoms with Crippen molar-refractivity contribution in [2.45, 2.75) is 31.8 Å². The zero-order valence-corrected chi connectivity index (χ0v) is 13.3. The van der Waals surface area contributed by atoms with Crippen LogP contribution in [0.15, 0.2) is 24.3 Å². The molecule has 4 heteroatoms. The number of rotatable bonds is 7. The summed E-state index contributed by atoms with van der Waals surface area (Å²) < 4.78 is 5.28. The van der Waals surface area contributed by atoms with Crippen LogP contribution in [0.5, 0.6) is 5.75 Å². The molecule has 0 bridgehead atoms. The van der Waals surface area contributed by atoms with Crippen molar-refractivity contribution in [2.75, 3.05) is 40.4 Å². The lowest BCUT2D eigenvalue weighted by Gasteiger charge is -2.36. The summed E-state index contributed by atoms with van der Waals surface area (Å²) in [6, 6.07) is 9.01. The molecule has 0 aromatic heterocycles. The highest BCUT2D eigenvalue weighted by atomic mass is 16.5. The highest BCUT2D eigenvalue weighted by molar-refractivity contribution is 5.28. The van der Waals surface area contributed by atoms with E-state index in [1.807, 2.05) is 6.07 Å². The van der Waals surface area contributed by atoms with Gasteiger partial charge in [0.1, 0.15) is 5.75 Å². The third-order valence-electron chi connectivity index (χ3n) is 4.39. The fraction of sp³-hybridized carbons (Fsp3) is 0.647. The third kappa shape index (κ3) is 4.99. The van der Waals surface area contributed by atoms with Crippen molar-refractivity contribution < 1.29 is 9.84 Å². The quantitative estimate of drug-likeness (QED) is 0.833. The summed E-state index contributed by atoms with van der Waals surface area (Å²) in [7, 11) is 3.89. The van der Waals surface area contributed by atoms with Crippen molar-refractivity contribution in [3.05, 3.63) is 29.8 Å². The van der Waals surface area contributed by atoms with Gasteiger partial charge < -0.3 is 14.7 Å². The molecule has 1 N–H and O–H groups in total. The van der Waals surface area contributed by atoms with E-state index in [1.54, 1.807) is 7.11 Å². The fourth-order valence-electron chi connectivity index (χ4n) is 3.05. The Hall–Kier alpha value is -1.10. The van der Waals surface area contributed by atoms with Crippen molar-refractivity contribution in [2.24, 2.45) is 0 Å². The number of benzene rings is 1. The number of ether oxygens (including phenoxy) is 1. The second-order valence-corrected chi connectivity index (χ2v) is 5.92. The molecule has 118 valence electrons. The first kappa shape index (κ1) is 16.3. The molecule has 4 nitrogen and oxygen atoms in total. The molecule has 2 rings (SSSR count). The van der Waals surface area contributed by atoms with Gasteiger partial charge in [-0.1, -0.05) is 12.1 Å². The fourth-order valence-corrected chi connectivity index (χ4v) is 3.05. The predicted molar refractivity (Wildman–Crippen MR) is 85.6 cm³/mol. The smallest absolute Gasteiger partial charge is 0.119 e. The number of likely N-dealkylation sites (tertiary alicyclic amines) is 1. The molecular formula is C17H28N2O2. The Morgan fingerprint density at radius 3 is 2.76 bits per heavy atom. The van der Waals surface area contributed by atoms with Gasteiger partial charge in [-0.3, -0.25) is 4.90 Å². The Labute approximate surface area is 128 Å². The van der Waals surface area contributed by atoms with Crippen LogP contribution in [-0.4, -0.2) is 61.3 Å². The summed E-state index contributed by atoms with van der Waals surface area (Å²) in [6.07, 6.45) is 3.30. The average Bonchev–Trinajstić information content (AvgIpc) is 2.53. The van der Waals surface area contributed by atoms with E-state index in [0.29, 0.717) is 12.6 Å². The summed E-state index contributed by atoms with van der Waals surface area (Å²) in [5.74, 6) is 0.936. The third-order valence-corrected chi connectivity index (χ3v) is 4.39. The van der Waals surface area contributed by atoms with Gasteiger partial charge in [0.15, 0.2) is 0 Å². The maximum Gasteiger partial charge on any atom is 0.119 e. The molecule has 1 heterocycles. The lowest BCUT2D eigenvalue weighted by atomic mass is 10.0. The van der Waals surface area contributed by atoms with Gasteiger partial charge in [-0.05, 0) is 57.1 Å². The number of aliphatic hydroxyl groups is 1. The van der Waals surface area contributed by atoms with Crippen LogP contribution < -0.4 is 4.74 Å². The molecule has 1 fully saturated rings. The lowest BCUT2D eigenvalue weighted by Crippen LogP contribution is -2.43. The topological polar surface area (TPSA) is 35.9 Å². The highest BCUT2D eigenvalue weighted by Crippen LogP contribution is 2.19. The second kappa shape index (κ2) is 8.37. The van der Waals surface area contributed by atoms with E-state index in [4.69, 9.17) is 9.84 Å². The van der Waals surface area contributed by atoms with Crippen LogP contribution >= 0.6 is 0 Å². The normalized spacial score (nSPS) is 17.3. The molecule has 0 spiro atoms. The summed E-state index contributed by atoms with van der Waals surface area (Å²) in [5.41, 5.74) is 1.32. The first-order valence-corrected chi connectivity index (χ1v) is 7.89. The predicted octanol–water partition coefficient (Wildman–Crippen LogP) is 1.97. The van der Waals surface area contributed by atoms with Crippen LogP contribution in [0, 0.1) is 0 Å². The van der Waals surface area contributed by atoms with E-state index >= 15 is 0 Å². The molecule has 0 amide bonds. The number of aliphatic hydroxyl groups excluding tert-OH is 1. The second-order valence-electron chi connectivity index (χ2n) is 5.92. The Kier molecular flexibility index (Phi) is 6.49. The van der Waals surface area contributed by atoms with Gasteiger partial charge in [0.05, 0.1) is 7.11 Å². The molecule has 1 aliphatic heterocycles. The van der Waals surface area contributed by atoms with E-state index in [1.165, 1.54) is 18.4 Å². The van der Waals surface area contributed by atoms with Crippen LogP contribution in [0.3, 0.4) is 0 Å². The summed E-state index contributed by atoms with van der Waals surface area (Å²) in [6.45, 7) is 4.58. The number of piperidine rings is 1. The van der Waals surface area contributed by atoms with Gasteiger partial charge in [-0.25, -0.2) is 0 Å². The van der Waals surface area contributed by atoms with E-state index in [-0.39, 0.29) is 0 Å². The van der Waals surface area contributed by atoms with E-state index in [9.17, 15) is 0 Å². The maximum absolute atomic E-state index is 8.92. The van der Waals surface area contributed by atoms with Gasteiger partial charge in [0, 0.05) is 25.7 Å². The Balaban J connectivity index is 1.78. The summed E-state index contributed by atoms with van der Waals surface area (Å²) >= 11 is 0. The van der Waals surface area contributed by atoms with Crippen LogP contribution in [0.2, 0.25) is 0 Å². The average molecular weight is 292 g/mol. The first-order chi connectivity index (χ1) is 10.2. The van der Waals surface area contributed by atoms with Crippen molar-refractivity contribution in [3.8, 4) is 5.75 Å². The van der Waals surface area contributed by atoms with Gasteiger partial charge in [0.2, 0.25) is 0 Å². The van der Waals surface area contributed by atoms with Crippen molar-refractivity contribution in [3.63, 3.8) is 0 Å². The van der Waals surface area contributed by atoms with Crippen LogP contribution in [0.4, 0.5) is 0 Å². The standard InChI is InChI=1S/C17H28N2O2/c1-18(9-4-12-20)16-7-10-19(11-8-16)14-15-5-3-6-17(13-15)21-2/h3,5-6,13,16,20H,4,7-12,14H2,1-2H3. The number of hydrogen-bond acceptors (Lipinski definition) is 4. The van der Waals surface area contributed by atoms with Crippen LogP contribution in [0.1, 0.15) is 24.8 Å². The number of nitrogens with zero attached hydrogens (tertiary/aromatic N) is 2. The molecular weight excluding hydrogens is 264 g/mol. The molecule has 0 radical (unpaired) electrons. The minimum absolute atomic E-state index is 0.291. The molecule has 1 aromatic rings. The maximum atomic E-state index is 8.92. The minimum atomic E-state index is 0.291. The zero-order chi connectivity index (χ0) is 15.1. The van der Waals surface area contributed by atoms with Crippen LogP contribution in [-0.2, 0) is 6.54 Å². The molecule has 0 atom stereocenters. The molecule has 0 unspecified atom stereocenters. The minimum Gasteiger partial charge on any atom is -0.497 e. The van der Waals surface area contributed by atoms with Crippen molar-refractivity contribution in [1.82, 2.24) is 9.80 Å². The Morgan fingerprint density at radius 1 is 1.33 bits per heavy atom. The number of hydrogen-bond donors (Lipinski definition) is 1. The van der Waals surface area contributed by atoms with E-state index < -0.39 is 0 Å². The van der Waals surface area contributed by atoms with Crippen molar-refractivity contribution in [1.29, 1.82) is 0 Å². The molecule has 0 saturated carbocycles. The Bertz CT molecular complexity index is 417. The SMILES string of the molecule is COc1cccc(CN2CCC(N(C)CCCO)CC2)c1. The number of methoxy groups -OCH3 is 1. The van der Waals surface area contributed by atoms with Crippen molar-refractivity contribution >= 4 is 0 Å². The zero-order valence-electron chi connectivity index (χ0n) is 13.3. The molecule has 1 aromatic carbocycles. The van der Waals surface area contributed by atoms with Gasteiger partial charge >= 0.3 is 0 Å². The first-order valence-electron chi connectivity index (χ1n) is 7.89. The lowest BCUT2D eigenvalue weighted by molar-refractivity contribution is 0.117. The van der Waals surface area contributed by atoms with Crippen LogP contribution in [0.25, 0.3) is 0 Å². The van der Waals surface area contributed by atoms with Gasteiger partial charge in [-0.15, -0.1) is 0 Å². The molecule has 1 saturated heterocycles. The summed E-state index contributed by atoms with van der Waals surface area (Å²) in [5, 5.41) is 8.92. The molecule has 21 heavy (non-hydrogen) atoms. The highest BCUT2D eigenvalue weighted by Gasteiger charge is 2.22.